The molecule has 2 aliphatic heterocycles. The number of ether oxygens (including phenoxy) is 2. The number of nitrogens with zero attached hydrogens (tertiary/aromatic N) is 1. The molecular weight excluding hydrogens is 370 g/mol. The molecule has 0 aliphatic carbocycles. The van der Waals surface area contributed by atoms with E-state index in [1.807, 2.05) is 0 Å². The summed E-state index contributed by atoms with van der Waals surface area (Å²) in [6.07, 6.45) is 0. The third-order valence-corrected chi connectivity index (χ3v) is 4.89. The number of ketones is 1. The van der Waals surface area contributed by atoms with Crippen molar-refractivity contribution in [1.82, 2.24) is 4.90 Å². The number of likely N-dealkylation sites (N-methyl/N-ethyl adjacent to an activating group) is 1. The number of hydrogen-bond acceptors (Lipinski definition) is 5. The fourth-order valence-corrected chi connectivity index (χ4v) is 3.56. The van der Waals surface area contributed by atoms with E-state index in [0.717, 1.165) is 0 Å². The van der Waals surface area contributed by atoms with E-state index in [-0.39, 0.29) is 11.3 Å². The van der Waals surface area contributed by atoms with Crippen LogP contribution in [0.4, 0.5) is 0 Å². The Kier molecular flexibility index (Phi) is 4.28. The van der Waals surface area contributed by atoms with Gasteiger partial charge in [0.05, 0.1) is 11.6 Å². The van der Waals surface area contributed by atoms with Crippen LogP contribution in [0.3, 0.4) is 0 Å². The lowest BCUT2D eigenvalue weighted by Crippen LogP contribution is -2.24. The Hall–Kier alpha value is -2.99. The zero-order valence-corrected chi connectivity index (χ0v) is 15.2. The van der Waals surface area contributed by atoms with Crippen LogP contribution in [0.1, 0.15) is 17.2 Å². The quantitative estimate of drug-likeness (QED) is 0.488. The van der Waals surface area contributed by atoms with Gasteiger partial charge in [-0.15, -0.1) is 0 Å². The van der Waals surface area contributed by atoms with Crippen LogP contribution in [0.2, 0.25) is 5.02 Å². The van der Waals surface area contributed by atoms with Crippen LogP contribution in [-0.4, -0.2) is 42.0 Å². The van der Waals surface area contributed by atoms with Crippen molar-refractivity contribution < 1.29 is 24.2 Å². The highest BCUT2D eigenvalue weighted by Gasteiger charge is 2.44. The number of benzene rings is 2. The van der Waals surface area contributed by atoms with Crippen LogP contribution in [0.5, 0.6) is 11.5 Å². The Balaban J connectivity index is 1.85. The van der Waals surface area contributed by atoms with Gasteiger partial charge in [-0.1, -0.05) is 23.7 Å². The van der Waals surface area contributed by atoms with Crippen molar-refractivity contribution in [2.75, 3.05) is 20.3 Å². The van der Waals surface area contributed by atoms with E-state index >= 15 is 0 Å². The lowest BCUT2D eigenvalue weighted by molar-refractivity contribution is -0.139. The van der Waals surface area contributed by atoms with Crippen molar-refractivity contribution in [3.05, 3.63) is 64.2 Å². The molecule has 2 aliphatic rings. The number of amides is 1. The van der Waals surface area contributed by atoms with Crippen molar-refractivity contribution in [3.8, 4) is 11.5 Å². The van der Waals surface area contributed by atoms with Crippen LogP contribution < -0.4 is 9.47 Å². The molecule has 6 nitrogen and oxygen atoms in total. The number of hydrogen-bond donors (Lipinski definition) is 1. The standard InChI is InChI=1S/C20H16ClNO5/c1-22-17(11-3-2-4-13(21)9-11)16(19(24)20(22)25)18(23)12-5-6-14-15(10-12)27-8-7-26-14/h2-6,9-10,17,23H,7-8H2,1H3/b18-16+. The van der Waals surface area contributed by atoms with Crippen molar-refractivity contribution in [2.24, 2.45) is 0 Å². The first-order valence-electron chi connectivity index (χ1n) is 8.37. The number of halogens is 1. The van der Waals surface area contributed by atoms with Gasteiger partial charge in [-0.05, 0) is 35.9 Å². The minimum absolute atomic E-state index is 0.0152. The summed E-state index contributed by atoms with van der Waals surface area (Å²) in [7, 11) is 1.52. The molecule has 27 heavy (non-hydrogen) atoms. The van der Waals surface area contributed by atoms with Gasteiger partial charge in [0.15, 0.2) is 11.5 Å². The summed E-state index contributed by atoms with van der Waals surface area (Å²) in [5.74, 6) is -0.635. The average molecular weight is 386 g/mol. The number of aliphatic hydroxyl groups is 1. The zero-order valence-electron chi connectivity index (χ0n) is 14.4. The molecule has 0 spiro atoms. The van der Waals surface area contributed by atoms with E-state index in [9.17, 15) is 14.7 Å². The molecule has 1 fully saturated rings. The molecule has 2 heterocycles. The maximum absolute atomic E-state index is 12.6. The first-order valence-corrected chi connectivity index (χ1v) is 8.75. The molecule has 0 saturated carbocycles. The molecule has 1 saturated heterocycles. The van der Waals surface area contributed by atoms with Gasteiger partial charge in [-0.3, -0.25) is 9.59 Å². The summed E-state index contributed by atoms with van der Waals surface area (Å²) >= 11 is 6.07. The van der Waals surface area contributed by atoms with Gasteiger partial charge in [0, 0.05) is 17.6 Å². The van der Waals surface area contributed by atoms with E-state index in [2.05, 4.69) is 0 Å². The van der Waals surface area contributed by atoms with Gasteiger partial charge in [0.1, 0.15) is 19.0 Å². The predicted octanol–water partition coefficient (Wildman–Crippen LogP) is 3.16. The van der Waals surface area contributed by atoms with Crippen molar-refractivity contribution in [3.63, 3.8) is 0 Å². The molecule has 138 valence electrons. The summed E-state index contributed by atoms with van der Waals surface area (Å²) in [5, 5.41) is 11.4. The molecule has 4 rings (SSSR count). The minimum atomic E-state index is -0.741. The molecule has 7 heteroatoms. The summed E-state index contributed by atoms with van der Waals surface area (Å²) < 4.78 is 11.0. The molecule has 0 bridgehead atoms. The maximum Gasteiger partial charge on any atom is 0.295 e. The van der Waals surface area contributed by atoms with Crippen LogP contribution in [0.15, 0.2) is 48.0 Å². The molecule has 1 unspecified atom stereocenters. The zero-order chi connectivity index (χ0) is 19.1. The van der Waals surface area contributed by atoms with Crippen LogP contribution in [0, 0.1) is 0 Å². The van der Waals surface area contributed by atoms with Gasteiger partial charge in [-0.25, -0.2) is 0 Å². The Labute approximate surface area is 160 Å². The number of rotatable bonds is 2. The van der Waals surface area contributed by atoms with Gasteiger partial charge in [0.25, 0.3) is 11.7 Å². The average Bonchev–Trinajstić information content (AvgIpc) is 2.91. The number of fused-ring (bicyclic) bond motifs is 1. The summed E-state index contributed by atoms with van der Waals surface area (Å²) in [6.45, 7) is 0.854. The monoisotopic (exact) mass is 385 g/mol. The first-order chi connectivity index (χ1) is 13.0. The Morgan fingerprint density at radius 3 is 2.59 bits per heavy atom. The summed E-state index contributed by atoms with van der Waals surface area (Å²) in [5.41, 5.74) is 1.03. The highest BCUT2D eigenvalue weighted by Crippen LogP contribution is 2.40. The van der Waals surface area contributed by atoms with Gasteiger partial charge < -0.3 is 19.5 Å². The smallest absolute Gasteiger partial charge is 0.295 e. The van der Waals surface area contributed by atoms with Gasteiger partial charge in [-0.2, -0.15) is 0 Å². The molecule has 2 aromatic carbocycles. The highest BCUT2D eigenvalue weighted by molar-refractivity contribution is 6.46. The Morgan fingerprint density at radius 2 is 1.85 bits per heavy atom. The molecule has 1 atom stereocenters. The van der Waals surface area contributed by atoms with E-state index < -0.39 is 17.7 Å². The lowest BCUT2D eigenvalue weighted by Gasteiger charge is -2.22. The second-order valence-corrected chi connectivity index (χ2v) is 6.76. The molecular formula is C20H16ClNO5. The van der Waals surface area contributed by atoms with E-state index in [4.69, 9.17) is 21.1 Å². The number of likely N-dealkylation sites (tertiary alicyclic amines) is 1. The molecule has 1 N–H and O–H groups in total. The van der Waals surface area contributed by atoms with Crippen LogP contribution >= 0.6 is 11.6 Å². The Morgan fingerprint density at radius 1 is 1.11 bits per heavy atom. The fourth-order valence-electron chi connectivity index (χ4n) is 3.36. The van der Waals surface area contributed by atoms with Crippen molar-refractivity contribution >= 4 is 29.1 Å². The minimum Gasteiger partial charge on any atom is -0.507 e. The summed E-state index contributed by atoms with van der Waals surface area (Å²) in [4.78, 5) is 26.2. The fraction of sp³-hybridized carbons (Fsp3) is 0.200. The maximum atomic E-state index is 12.6. The van der Waals surface area contributed by atoms with E-state index in [0.29, 0.717) is 40.9 Å². The Bertz CT molecular complexity index is 984. The van der Waals surface area contributed by atoms with Crippen LogP contribution in [0.25, 0.3) is 5.76 Å². The summed E-state index contributed by atoms with van der Waals surface area (Å²) in [6, 6.07) is 11.0. The third-order valence-electron chi connectivity index (χ3n) is 4.66. The number of Topliss-reactive ketones (excluding diaryl/α,β-unsaturated/α-hetero) is 1. The normalized spacial score (nSPS) is 20.8. The second kappa shape index (κ2) is 6.63. The molecule has 0 radical (unpaired) electrons. The third kappa shape index (κ3) is 2.92. The number of aliphatic hydroxyl groups excluding tert-OH is 1. The molecule has 2 aromatic rings. The topological polar surface area (TPSA) is 76.1 Å². The number of carbonyl (C=O) groups excluding carboxylic acids is 2. The van der Waals surface area contributed by atoms with Crippen molar-refractivity contribution in [1.29, 1.82) is 0 Å². The molecule has 1 amide bonds. The SMILES string of the molecule is CN1C(=O)C(=O)/C(=C(/O)c2ccc3c(c2)OCCO3)C1c1cccc(Cl)c1. The lowest BCUT2D eigenvalue weighted by atomic mass is 9.95. The number of carbonyl (C=O) groups is 2. The molecule has 0 aromatic heterocycles. The highest BCUT2D eigenvalue weighted by atomic mass is 35.5. The van der Waals surface area contributed by atoms with E-state index in [1.165, 1.54) is 11.9 Å². The van der Waals surface area contributed by atoms with Crippen LogP contribution in [-0.2, 0) is 9.59 Å². The van der Waals surface area contributed by atoms with Gasteiger partial charge in [0.2, 0.25) is 0 Å². The largest absolute Gasteiger partial charge is 0.507 e. The first kappa shape index (κ1) is 17.4. The van der Waals surface area contributed by atoms with Crippen molar-refractivity contribution in [2.45, 2.75) is 6.04 Å². The van der Waals surface area contributed by atoms with E-state index in [1.54, 1.807) is 42.5 Å². The second-order valence-electron chi connectivity index (χ2n) is 6.32. The predicted molar refractivity (Wildman–Crippen MR) is 99.0 cm³/mol. The van der Waals surface area contributed by atoms with Gasteiger partial charge >= 0.3 is 0 Å².